The van der Waals surface area contributed by atoms with Gasteiger partial charge in [0.2, 0.25) is 11.8 Å². The minimum absolute atomic E-state index is 0.0630. The van der Waals surface area contributed by atoms with Gasteiger partial charge in [0.1, 0.15) is 11.2 Å². The highest BCUT2D eigenvalue weighted by molar-refractivity contribution is 8.15. The van der Waals surface area contributed by atoms with Gasteiger partial charge in [0, 0.05) is 44.1 Å². The van der Waals surface area contributed by atoms with Crippen LogP contribution in [0.1, 0.15) is 131 Å². The summed E-state index contributed by atoms with van der Waals surface area (Å²) in [6.45, 7) is 13.4. The maximum atomic E-state index is 12.8. The van der Waals surface area contributed by atoms with E-state index < -0.39 is 23.4 Å². The first-order chi connectivity index (χ1) is 22.1. The Hall–Kier alpha value is -1.82. The smallest absolute Gasteiger partial charge is 0.407 e. The van der Waals surface area contributed by atoms with Gasteiger partial charge in [-0.05, 0) is 102 Å². The second kappa shape index (κ2) is 20.6. The van der Waals surface area contributed by atoms with Crippen LogP contribution >= 0.6 is 23.5 Å². The third-order valence-corrected chi connectivity index (χ3v) is 11.1. The SMILES string of the molecule is CC(C)(C)OC(=O)NCC1(CC(=O)NCCCSCSCCCNC(=O)CC2(CNC(=O)OC(C)(C)C)CCCCC2)CCCCC1. The van der Waals surface area contributed by atoms with Crippen molar-refractivity contribution < 1.29 is 28.7 Å². The van der Waals surface area contributed by atoms with Gasteiger partial charge in [-0.25, -0.2) is 9.59 Å². The second-order valence-corrected chi connectivity index (χ2v) is 18.1. The number of amides is 4. The molecule has 0 saturated heterocycles. The van der Waals surface area contributed by atoms with Crippen molar-refractivity contribution in [2.24, 2.45) is 10.8 Å². The molecular weight excluding hydrogens is 637 g/mol. The Morgan fingerprint density at radius 2 is 0.936 bits per heavy atom. The van der Waals surface area contributed by atoms with E-state index in [1.165, 1.54) is 12.8 Å². The molecule has 2 saturated carbocycles. The van der Waals surface area contributed by atoms with Crippen LogP contribution in [-0.4, -0.2) is 78.0 Å². The second-order valence-electron chi connectivity index (χ2n) is 15.5. The molecule has 10 nitrogen and oxygen atoms in total. The highest BCUT2D eigenvalue weighted by Gasteiger charge is 2.36. The first-order valence-corrected chi connectivity index (χ1v) is 20.0. The summed E-state index contributed by atoms with van der Waals surface area (Å²) in [5.41, 5.74) is -1.47. The number of ether oxygens (including phenoxy) is 2. The van der Waals surface area contributed by atoms with Gasteiger partial charge in [-0.2, -0.15) is 23.5 Å². The summed E-state index contributed by atoms with van der Waals surface area (Å²) in [5, 5.41) is 13.0. The zero-order valence-electron chi connectivity index (χ0n) is 30.1. The molecule has 0 spiro atoms. The highest BCUT2D eigenvalue weighted by atomic mass is 32.2. The average Bonchev–Trinajstić information content (AvgIpc) is 2.97. The lowest BCUT2D eigenvalue weighted by atomic mass is 9.71. The number of rotatable bonds is 18. The lowest BCUT2D eigenvalue weighted by molar-refractivity contribution is -0.124. The number of alkyl carbamates (subject to hydrolysis) is 2. The van der Waals surface area contributed by atoms with E-state index in [9.17, 15) is 19.2 Å². The molecule has 0 unspecified atom stereocenters. The van der Waals surface area contributed by atoms with E-state index in [0.29, 0.717) is 39.0 Å². The number of carbonyl (C=O) groups excluding carboxylic acids is 4. The molecule has 2 aliphatic rings. The van der Waals surface area contributed by atoms with Crippen molar-refractivity contribution in [1.82, 2.24) is 21.3 Å². The van der Waals surface area contributed by atoms with Gasteiger partial charge in [0.15, 0.2) is 0 Å². The lowest BCUT2D eigenvalue weighted by Crippen LogP contribution is -2.44. The van der Waals surface area contributed by atoms with Crippen LogP contribution in [0.2, 0.25) is 0 Å². The summed E-state index contributed by atoms with van der Waals surface area (Å²) in [6.07, 6.45) is 12.3. The Labute approximate surface area is 292 Å². The molecule has 0 bridgehead atoms. The average molecular weight is 701 g/mol. The summed E-state index contributed by atoms with van der Waals surface area (Å²) in [4.78, 5) is 50.0. The monoisotopic (exact) mass is 700 g/mol. The van der Waals surface area contributed by atoms with Crippen LogP contribution in [0.3, 0.4) is 0 Å². The van der Waals surface area contributed by atoms with E-state index in [2.05, 4.69) is 21.3 Å². The van der Waals surface area contributed by atoms with E-state index in [1.54, 1.807) is 0 Å². The third-order valence-electron chi connectivity index (χ3n) is 8.65. The molecule has 4 amide bonds. The van der Waals surface area contributed by atoms with Crippen LogP contribution in [0.4, 0.5) is 9.59 Å². The Balaban J connectivity index is 1.54. The molecule has 272 valence electrons. The first kappa shape index (κ1) is 41.4. The van der Waals surface area contributed by atoms with Crippen LogP contribution in [0.5, 0.6) is 0 Å². The summed E-state index contributed by atoms with van der Waals surface area (Å²) in [6, 6.07) is 0. The largest absolute Gasteiger partial charge is 0.444 e. The predicted molar refractivity (Wildman–Crippen MR) is 194 cm³/mol. The van der Waals surface area contributed by atoms with Crippen LogP contribution in [0, 0.1) is 10.8 Å². The molecule has 0 aromatic carbocycles. The van der Waals surface area contributed by atoms with Gasteiger partial charge in [-0.3, -0.25) is 9.59 Å². The van der Waals surface area contributed by atoms with Crippen molar-refractivity contribution in [2.45, 2.75) is 143 Å². The van der Waals surface area contributed by atoms with Crippen molar-refractivity contribution in [3.8, 4) is 0 Å². The van der Waals surface area contributed by atoms with Crippen LogP contribution in [0.25, 0.3) is 0 Å². The van der Waals surface area contributed by atoms with E-state index in [1.807, 2.05) is 65.1 Å². The van der Waals surface area contributed by atoms with Gasteiger partial charge >= 0.3 is 12.2 Å². The number of carbonyl (C=O) groups is 4. The molecule has 12 heteroatoms. The predicted octanol–water partition coefficient (Wildman–Crippen LogP) is 7.15. The fraction of sp³-hybridized carbons (Fsp3) is 0.886. The zero-order chi connectivity index (χ0) is 34.8. The molecular formula is C35H64N4O6S2. The molecule has 4 N–H and O–H groups in total. The van der Waals surface area contributed by atoms with Crippen molar-refractivity contribution in [3.05, 3.63) is 0 Å². The molecule has 0 atom stereocenters. The number of nitrogens with one attached hydrogen (secondary N) is 4. The summed E-state index contributed by atoms with van der Waals surface area (Å²) in [7, 11) is 0. The minimum Gasteiger partial charge on any atom is -0.444 e. The third kappa shape index (κ3) is 19.1. The quantitative estimate of drug-likeness (QED) is 0.0875. The first-order valence-electron chi connectivity index (χ1n) is 17.7. The topological polar surface area (TPSA) is 135 Å². The van der Waals surface area contributed by atoms with Gasteiger partial charge in [0.05, 0.1) is 0 Å². The minimum atomic E-state index is -0.543. The molecule has 0 heterocycles. The molecule has 2 rings (SSSR count). The van der Waals surface area contributed by atoms with E-state index in [-0.39, 0.29) is 22.6 Å². The van der Waals surface area contributed by atoms with Crippen LogP contribution in [0.15, 0.2) is 0 Å². The summed E-state index contributed by atoms with van der Waals surface area (Å²) in [5.74, 6) is 2.09. The van der Waals surface area contributed by atoms with Gasteiger partial charge in [-0.15, -0.1) is 0 Å². The zero-order valence-corrected chi connectivity index (χ0v) is 31.7. The van der Waals surface area contributed by atoms with Crippen LogP contribution < -0.4 is 21.3 Å². The Morgan fingerprint density at radius 3 is 1.28 bits per heavy atom. The van der Waals surface area contributed by atoms with Crippen LogP contribution in [-0.2, 0) is 19.1 Å². The molecule has 2 fully saturated rings. The summed E-state index contributed by atoms with van der Waals surface area (Å²) < 4.78 is 10.8. The van der Waals surface area contributed by atoms with Crippen molar-refractivity contribution in [2.75, 3.05) is 42.8 Å². The van der Waals surface area contributed by atoms with Gasteiger partial charge in [-0.1, -0.05) is 38.5 Å². The normalized spacial score (nSPS) is 17.7. The molecule has 0 aromatic rings. The molecule has 0 aliphatic heterocycles. The molecule has 2 aliphatic carbocycles. The van der Waals surface area contributed by atoms with Gasteiger partial charge < -0.3 is 30.7 Å². The fourth-order valence-electron chi connectivity index (χ4n) is 6.37. The van der Waals surface area contributed by atoms with Crippen molar-refractivity contribution in [1.29, 1.82) is 0 Å². The maximum absolute atomic E-state index is 12.8. The number of hydrogen-bond donors (Lipinski definition) is 4. The van der Waals surface area contributed by atoms with E-state index in [4.69, 9.17) is 9.47 Å². The molecule has 47 heavy (non-hydrogen) atoms. The van der Waals surface area contributed by atoms with Crippen molar-refractivity contribution in [3.63, 3.8) is 0 Å². The highest BCUT2D eigenvalue weighted by Crippen LogP contribution is 2.40. The standard InChI is InChI=1S/C35H64N4O6S2/c1-32(2,3)44-30(42)38-25-34(15-9-7-10-16-34)23-28(40)36-19-13-21-46-27-47-22-14-20-37-29(41)24-35(17-11-8-12-18-35)26-39-31(43)45-33(4,5)6/h7-27H2,1-6H3,(H,36,40)(H,37,41)(H,38,42)(H,39,43). The maximum Gasteiger partial charge on any atom is 0.407 e. The Morgan fingerprint density at radius 1 is 0.574 bits per heavy atom. The van der Waals surface area contributed by atoms with E-state index >= 15 is 0 Å². The molecule has 0 aromatic heterocycles. The summed E-state index contributed by atoms with van der Waals surface area (Å²) >= 11 is 3.74. The number of thioether (sulfide) groups is 2. The Kier molecular flexibility index (Phi) is 18.2. The fourth-order valence-corrected chi connectivity index (χ4v) is 8.48. The molecule has 0 radical (unpaired) electrons. The van der Waals surface area contributed by atoms with Crippen molar-refractivity contribution >= 4 is 47.5 Å². The Bertz CT molecular complexity index is 894. The number of hydrogen-bond acceptors (Lipinski definition) is 8. The lowest BCUT2D eigenvalue weighted by Gasteiger charge is -2.37. The van der Waals surface area contributed by atoms with Gasteiger partial charge in [0.25, 0.3) is 0 Å². The van der Waals surface area contributed by atoms with E-state index in [0.717, 1.165) is 80.8 Å².